The highest BCUT2D eigenvalue weighted by atomic mass is 19.4. The molecule has 4 N–H and O–H groups in total. The van der Waals surface area contributed by atoms with Crippen molar-refractivity contribution in [3.63, 3.8) is 0 Å². The van der Waals surface area contributed by atoms with Crippen molar-refractivity contribution in [2.75, 3.05) is 11.9 Å². The average Bonchev–Trinajstić information content (AvgIpc) is 2.63. The molecule has 0 aromatic heterocycles. The largest absolute Gasteiger partial charge is 0.573 e. The Kier molecular flexibility index (Phi) is 7.25. The first-order chi connectivity index (χ1) is 14.0. The van der Waals surface area contributed by atoms with Gasteiger partial charge in [0, 0.05) is 12.2 Å². The van der Waals surface area contributed by atoms with Crippen LogP contribution in [0.1, 0.15) is 18.9 Å². The SMILES string of the molecule is CC(CCNc1ccc(F)cc1)(NC(=O)Cc1ccc(OC(F)(F)F)cc1)C(N)=O. The molecule has 0 bridgehead atoms. The van der Waals surface area contributed by atoms with E-state index in [0.717, 1.165) is 12.1 Å². The van der Waals surface area contributed by atoms with Gasteiger partial charge in [0.25, 0.3) is 0 Å². The Hall–Kier alpha value is -3.30. The molecule has 0 saturated heterocycles. The van der Waals surface area contributed by atoms with Gasteiger partial charge in [-0.2, -0.15) is 0 Å². The first kappa shape index (κ1) is 23.0. The van der Waals surface area contributed by atoms with Crippen LogP contribution in [0.15, 0.2) is 48.5 Å². The Morgan fingerprint density at radius 3 is 2.17 bits per heavy atom. The number of nitrogens with two attached hydrogens (primary N) is 1. The average molecular weight is 427 g/mol. The molecular weight excluding hydrogens is 406 g/mol. The van der Waals surface area contributed by atoms with Crippen LogP contribution >= 0.6 is 0 Å². The first-order valence-electron chi connectivity index (χ1n) is 8.92. The van der Waals surface area contributed by atoms with E-state index in [1.807, 2.05) is 0 Å². The van der Waals surface area contributed by atoms with Crippen molar-refractivity contribution in [1.29, 1.82) is 0 Å². The van der Waals surface area contributed by atoms with Gasteiger partial charge in [0.1, 0.15) is 17.1 Å². The Morgan fingerprint density at radius 1 is 1.03 bits per heavy atom. The number of rotatable bonds is 9. The van der Waals surface area contributed by atoms with E-state index in [0.29, 0.717) is 11.3 Å². The molecule has 162 valence electrons. The van der Waals surface area contributed by atoms with E-state index >= 15 is 0 Å². The van der Waals surface area contributed by atoms with Gasteiger partial charge in [0.15, 0.2) is 0 Å². The van der Waals surface area contributed by atoms with E-state index in [2.05, 4.69) is 15.4 Å². The zero-order chi connectivity index (χ0) is 22.4. The maximum absolute atomic E-state index is 12.9. The van der Waals surface area contributed by atoms with Crippen molar-refractivity contribution < 1.29 is 31.9 Å². The molecule has 0 aliphatic rings. The minimum atomic E-state index is -4.80. The monoisotopic (exact) mass is 427 g/mol. The second-order valence-corrected chi connectivity index (χ2v) is 6.80. The third-order valence-corrected chi connectivity index (χ3v) is 4.28. The molecule has 6 nitrogen and oxygen atoms in total. The zero-order valence-electron chi connectivity index (χ0n) is 16.1. The first-order valence-corrected chi connectivity index (χ1v) is 8.92. The van der Waals surface area contributed by atoms with E-state index in [1.54, 1.807) is 0 Å². The molecule has 2 amide bonds. The van der Waals surface area contributed by atoms with E-state index < -0.39 is 29.5 Å². The molecule has 1 atom stereocenters. The molecular formula is C20H21F4N3O3. The minimum absolute atomic E-state index is 0.157. The number of carbonyl (C=O) groups is 2. The van der Waals surface area contributed by atoms with Gasteiger partial charge >= 0.3 is 6.36 Å². The van der Waals surface area contributed by atoms with Gasteiger partial charge in [0.2, 0.25) is 11.8 Å². The lowest BCUT2D eigenvalue weighted by atomic mass is 9.96. The summed E-state index contributed by atoms with van der Waals surface area (Å²) in [6.45, 7) is 1.74. The topological polar surface area (TPSA) is 93.4 Å². The number of alkyl halides is 3. The lowest BCUT2D eigenvalue weighted by Gasteiger charge is -2.28. The summed E-state index contributed by atoms with van der Waals surface area (Å²) < 4.78 is 53.3. The summed E-state index contributed by atoms with van der Waals surface area (Å²) in [5.41, 5.74) is 5.14. The molecule has 10 heteroatoms. The highest BCUT2D eigenvalue weighted by molar-refractivity contribution is 5.90. The van der Waals surface area contributed by atoms with Crippen molar-refractivity contribution in [2.24, 2.45) is 5.73 Å². The quantitative estimate of drug-likeness (QED) is 0.536. The van der Waals surface area contributed by atoms with Crippen molar-refractivity contribution in [2.45, 2.75) is 31.7 Å². The summed E-state index contributed by atoms with van der Waals surface area (Å²) in [5.74, 6) is -2.05. The number of ether oxygens (including phenoxy) is 1. The van der Waals surface area contributed by atoms with E-state index in [-0.39, 0.29) is 25.2 Å². The normalized spacial score (nSPS) is 13.2. The number of anilines is 1. The van der Waals surface area contributed by atoms with Gasteiger partial charge in [-0.3, -0.25) is 9.59 Å². The number of primary amides is 1. The molecule has 2 aromatic carbocycles. The Bertz CT molecular complexity index is 870. The fourth-order valence-electron chi connectivity index (χ4n) is 2.62. The zero-order valence-corrected chi connectivity index (χ0v) is 16.1. The molecule has 0 aliphatic heterocycles. The summed E-state index contributed by atoms with van der Waals surface area (Å²) in [6.07, 6.45) is -4.81. The highest BCUT2D eigenvalue weighted by Crippen LogP contribution is 2.23. The molecule has 0 saturated carbocycles. The van der Waals surface area contributed by atoms with Crippen LogP contribution < -0.4 is 21.1 Å². The molecule has 30 heavy (non-hydrogen) atoms. The predicted octanol–water partition coefficient (Wildman–Crippen LogP) is 3.13. The van der Waals surface area contributed by atoms with Crippen LogP contribution in [0, 0.1) is 5.82 Å². The molecule has 0 aliphatic carbocycles. The fourth-order valence-corrected chi connectivity index (χ4v) is 2.62. The second kappa shape index (κ2) is 9.47. The van der Waals surface area contributed by atoms with Crippen LogP contribution in [-0.2, 0) is 16.0 Å². The standard InChI is InChI=1S/C20H21F4N3O3/c1-19(18(25)29,10-11-26-15-6-4-14(21)5-7-15)27-17(28)12-13-2-8-16(9-3-13)30-20(22,23)24/h2-9,26H,10-12H2,1H3,(H2,25,29)(H,27,28). The van der Waals surface area contributed by atoms with E-state index in [1.165, 1.54) is 43.3 Å². The van der Waals surface area contributed by atoms with Crippen molar-refractivity contribution in [3.8, 4) is 5.75 Å². The third-order valence-electron chi connectivity index (χ3n) is 4.28. The summed E-state index contributed by atoms with van der Waals surface area (Å²) in [7, 11) is 0. The molecule has 0 radical (unpaired) electrons. The van der Waals surface area contributed by atoms with Crippen LogP contribution in [0.25, 0.3) is 0 Å². The third kappa shape index (κ3) is 7.26. The smallest absolute Gasteiger partial charge is 0.406 e. The number of halogens is 4. The number of nitrogens with one attached hydrogen (secondary N) is 2. The van der Waals surface area contributed by atoms with Crippen molar-refractivity contribution >= 4 is 17.5 Å². The second-order valence-electron chi connectivity index (χ2n) is 6.80. The van der Waals surface area contributed by atoms with Crippen LogP contribution in [0.2, 0.25) is 0 Å². The van der Waals surface area contributed by atoms with Gasteiger partial charge in [-0.05, 0) is 55.3 Å². The van der Waals surface area contributed by atoms with Gasteiger partial charge < -0.3 is 21.1 Å². The molecule has 1 unspecified atom stereocenters. The molecule has 0 heterocycles. The predicted molar refractivity (Wildman–Crippen MR) is 102 cm³/mol. The van der Waals surface area contributed by atoms with Crippen LogP contribution in [-0.4, -0.2) is 30.3 Å². The number of hydrogen-bond acceptors (Lipinski definition) is 4. The lowest BCUT2D eigenvalue weighted by molar-refractivity contribution is -0.274. The molecule has 0 spiro atoms. The van der Waals surface area contributed by atoms with Crippen LogP contribution in [0.3, 0.4) is 0 Å². The van der Waals surface area contributed by atoms with Crippen molar-refractivity contribution in [3.05, 3.63) is 59.9 Å². The summed E-state index contributed by atoms with van der Waals surface area (Å²) in [6, 6.07) is 10.4. The molecule has 0 fully saturated rings. The van der Waals surface area contributed by atoms with E-state index in [9.17, 15) is 27.2 Å². The number of amides is 2. The van der Waals surface area contributed by atoms with Gasteiger partial charge in [-0.15, -0.1) is 13.2 Å². The number of benzene rings is 2. The minimum Gasteiger partial charge on any atom is -0.406 e. The van der Waals surface area contributed by atoms with Crippen molar-refractivity contribution in [1.82, 2.24) is 5.32 Å². The Balaban J connectivity index is 1.92. The van der Waals surface area contributed by atoms with Crippen LogP contribution in [0.5, 0.6) is 5.75 Å². The Morgan fingerprint density at radius 2 is 1.63 bits per heavy atom. The summed E-state index contributed by atoms with van der Waals surface area (Å²) in [4.78, 5) is 24.2. The molecule has 2 aromatic rings. The maximum Gasteiger partial charge on any atom is 0.573 e. The van der Waals surface area contributed by atoms with Gasteiger partial charge in [0.05, 0.1) is 6.42 Å². The Labute approximate surface area is 170 Å². The summed E-state index contributed by atoms with van der Waals surface area (Å²) >= 11 is 0. The maximum atomic E-state index is 12.9. The van der Waals surface area contributed by atoms with Crippen LogP contribution in [0.4, 0.5) is 23.2 Å². The molecule has 2 rings (SSSR count). The van der Waals surface area contributed by atoms with E-state index in [4.69, 9.17) is 5.73 Å². The van der Waals surface area contributed by atoms with Gasteiger partial charge in [-0.1, -0.05) is 12.1 Å². The lowest BCUT2D eigenvalue weighted by Crippen LogP contribution is -2.56. The highest BCUT2D eigenvalue weighted by Gasteiger charge is 2.33. The summed E-state index contributed by atoms with van der Waals surface area (Å²) in [5, 5.41) is 5.56. The number of carbonyl (C=O) groups excluding carboxylic acids is 2. The van der Waals surface area contributed by atoms with Gasteiger partial charge in [-0.25, -0.2) is 4.39 Å². The number of hydrogen-bond donors (Lipinski definition) is 3. The fraction of sp³-hybridized carbons (Fsp3) is 0.300.